The average molecular weight is 297 g/mol. The summed E-state index contributed by atoms with van der Waals surface area (Å²) in [4.78, 5) is 36.4. The fourth-order valence-electron chi connectivity index (χ4n) is 2.28. The van der Waals surface area contributed by atoms with Gasteiger partial charge in [0.25, 0.3) is 0 Å². The maximum Gasteiger partial charge on any atom is 0.243 e. The second kappa shape index (κ2) is 7.21. The minimum Gasteiger partial charge on any atom is -0.391 e. The normalized spacial score (nSPS) is 22.6. The fraction of sp³-hybridized carbons (Fsp3) is 0.643. The van der Waals surface area contributed by atoms with Crippen LogP contribution in [0.3, 0.4) is 0 Å². The summed E-state index contributed by atoms with van der Waals surface area (Å²) in [5, 5.41) is 12.2. The Labute approximate surface area is 124 Å². The molecular weight excluding hydrogens is 274 g/mol. The number of hydrogen-bond acceptors (Lipinski definition) is 4. The third-order valence-electron chi connectivity index (χ3n) is 3.41. The number of carbonyl (C=O) groups excluding carboxylic acids is 3. The first-order chi connectivity index (χ1) is 9.72. The molecule has 0 unspecified atom stereocenters. The summed E-state index contributed by atoms with van der Waals surface area (Å²) < 4.78 is 0. The maximum atomic E-state index is 12.2. The molecule has 21 heavy (non-hydrogen) atoms. The Balaban J connectivity index is 2.74. The van der Waals surface area contributed by atoms with E-state index in [1.165, 1.54) is 11.8 Å². The molecule has 7 nitrogen and oxygen atoms in total. The van der Waals surface area contributed by atoms with Crippen LogP contribution >= 0.6 is 0 Å². The van der Waals surface area contributed by atoms with E-state index in [9.17, 15) is 19.5 Å². The maximum absolute atomic E-state index is 12.2. The largest absolute Gasteiger partial charge is 0.391 e. The minimum atomic E-state index is -0.820. The zero-order chi connectivity index (χ0) is 16.2. The number of aliphatic hydroxyl groups is 1. The van der Waals surface area contributed by atoms with Gasteiger partial charge in [0.15, 0.2) is 0 Å². The standard InChI is InChI=1S/C14H23N3O4/c1-8(2)4-5-11(13(15)20)16-14(21)12-6-10(19)7-17(12)9(3)18/h4,10-12,19H,5-7H2,1-3H3,(H2,15,20)(H,16,21)/t10-,11-,12+/m1/s1. The first-order valence-electron chi connectivity index (χ1n) is 6.90. The van der Waals surface area contributed by atoms with Gasteiger partial charge in [-0.2, -0.15) is 0 Å². The van der Waals surface area contributed by atoms with Gasteiger partial charge in [0.1, 0.15) is 12.1 Å². The van der Waals surface area contributed by atoms with Crippen LogP contribution in [0.25, 0.3) is 0 Å². The number of nitrogens with two attached hydrogens (primary N) is 1. The molecule has 0 bridgehead atoms. The van der Waals surface area contributed by atoms with Crippen molar-refractivity contribution in [3.63, 3.8) is 0 Å². The summed E-state index contributed by atoms with van der Waals surface area (Å²) in [6, 6.07) is -1.58. The quantitative estimate of drug-likeness (QED) is 0.582. The van der Waals surface area contributed by atoms with Crippen molar-refractivity contribution in [1.29, 1.82) is 0 Å². The number of amides is 3. The molecule has 0 aliphatic carbocycles. The molecule has 1 rings (SSSR count). The van der Waals surface area contributed by atoms with E-state index >= 15 is 0 Å². The Bertz CT molecular complexity index is 457. The summed E-state index contributed by atoms with van der Waals surface area (Å²) in [7, 11) is 0. The molecule has 1 saturated heterocycles. The smallest absolute Gasteiger partial charge is 0.243 e. The first kappa shape index (κ1) is 17.2. The van der Waals surface area contributed by atoms with E-state index in [4.69, 9.17) is 5.73 Å². The van der Waals surface area contributed by atoms with Gasteiger partial charge in [-0.05, 0) is 20.3 Å². The molecule has 0 aromatic heterocycles. The van der Waals surface area contributed by atoms with Gasteiger partial charge in [0.2, 0.25) is 17.7 Å². The van der Waals surface area contributed by atoms with E-state index in [0.717, 1.165) is 5.57 Å². The van der Waals surface area contributed by atoms with Crippen LogP contribution in [-0.4, -0.2) is 52.5 Å². The van der Waals surface area contributed by atoms with E-state index in [2.05, 4.69) is 5.32 Å². The van der Waals surface area contributed by atoms with Crippen molar-refractivity contribution in [2.45, 2.75) is 51.8 Å². The molecule has 0 saturated carbocycles. The lowest BCUT2D eigenvalue weighted by Crippen LogP contribution is -2.51. The SMILES string of the molecule is CC(=O)N1C[C@H](O)C[C@H]1C(=O)N[C@H](CC=C(C)C)C(N)=O. The summed E-state index contributed by atoms with van der Waals surface area (Å²) >= 11 is 0. The molecule has 4 N–H and O–H groups in total. The molecule has 1 aliphatic heterocycles. The minimum absolute atomic E-state index is 0.128. The highest BCUT2D eigenvalue weighted by Gasteiger charge is 2.38. The second-order valence-corrected chi connectivity index (χ2v) is 5.56. The lowest BCUT2D eigenvalue weighted by atomic mass is 10.1. The predicted octanol–water partition coefficient (Wildman–Crippen LogP) is -0.705. The van der Waals surface area contributed by atoms with E-state index in [1.54, 1.807) is 0 Å². The van der Waals surface area contributed by atoms with Gasteiger partial charge >= 0.3 is 0 Å². The van der Waals surface area contributed by atoms with Crippen molar-refractivity contribution in [1.82, 2.24) is 10.2 Å². The van der Waals surface area contributed by atoms with E-state index < -0.39 is 30.0 Å². The number of carbonyl (C=O) groups is 3. The Morgan fingerprint density at radius 2 is 2.00 bits per heavy atom. The second-order valence-electron chi connectivity index (χ2n) is 5.56. The lowest BCUT2D eigenvalue weighted by Gasteiger charge is -2.24. The zero-order valence-corrected chi connectivity index (χ0v) is 12.6. The zero-order valence-electron chi connectivity index (χ0n) is 12.6. The molecule has 3 atom stereocenters. The highest BCUT2D eigenvalue weighted by atomic mass is 16.3. The van der Waals surface area contributed by atoms with Gasteiger partial charge in [0, 0.05) is 19.9 Å². The van der Waals surface area contributed by atoms with Gasteiger partial charge < -0.3 is 21.1 Å². The van der Waals surface area contributed by atoms with E-state index in [-0.39, 0.29) is 18.9 Å². The highest BCUT2D eigenvalue weighted by molar-refractivity contribution is 5.91. The van der Waals surface area contributed by atoms with E-state index in [1.807, 2.05) is 19.9 Å². The summed E-state index contributed by atoms with van der Waals surface area (Å²) in [6.07, 6.45) is 1.55. The Morgan fingerprint density at radius 3 is 2.48 bits per heavy atom. The molecule has 1 fully saturated rings. The highest BCUT2D eigenvalue weighted by Crippen LogP contribution is 2.18. The number of rotatable bonds is 5. The summed E-state index contributed by atoms with van der Waals surface area (Å²) in [5.41, 5.74) is 6.29. The lowest BCUT2D eigenvalue weighted by molar-refractivity contribution is -0.137. The average Bonchev–Trinajstić information content (AvgIpc) is 2.76. The molecular formula is C14H23N3O4. The van der Waals surface area contributed by atoms with Crippen LogP contribution in [0.2, 0.25) is 0 Å². The van der Waals surface area contributed by atoms with Crippen molar-refractivity contribution in [2.24, 2.45) is 5.73 Å². The summed E-state index contributed by atoms with van der Waals surface area (Å²) in [6.45, 7) is 5.23. The van der Waals surface area contributed by atoms with Crippen molar-refractivity contribution >= 4 is 17.7 Å². The number of primary amides is 1. The van der Waals surface area contributed by atoms with Gasteiger partial charge in [-0.1, -0.05) is 11.6 Å². The number of allylic oxidation sites excluding steroid dienone is 1. The Kier molecular flexibility index (Phi) is 5.90. The fourth-order valence-corrected chi connectivity index (χ4v) is 2.28. The van der Waals surface area contributed by atoms with Crippen molar-refractivity contribution in [2.75, 3.05) is 6.54 Å². The topological polar surface area (TPSA) is 113 Å². The van der Waals surface area contributed by atoms with E-state index in [0.29, 0.717) is 6.42 Å². The van der Waals surface area contributed by atoms with Crippen LogP contribution in [0.15, 0.2) is 11.6 Å². The van der Waals surface area contributed by atoms with Crippen LogP contribution in [0.5, 0.6) is 0 Å². The molecule has 0 spiro atoms. The third kappa shape index (κ3) is 4.86. The molecule has 0 radical (unpaired) electrons. The van der Waals surface area contributed by atoms with Crippen LogP contribution in [-0.2, 0) is 14.4 Å². The number of β-amino-alcohol motifs (C(OH)–C–C–N with tert-alkyl or cyclic N) is 1. The number of aliphatic hydroxyl groups excluding tert-OH is 1. The summed E-state index contributed by atoms with van der Waals surface area (Å²) in [5.74, 6) is -1.38. The van der Waals surface area contributed by atoms with Crippen LogP contribution in [0.1, 0.15) is 33.6 Å². The van der Waals surface area contributed by atoms with Crippen molar-refractivity contribution < 1.29 is 19.5 Å². The van der Waals surface area contributed by atoms with Crippen molar-refractivity contribution in [3.05, 3.63) is 11.6 Å². The van der Waals surface area contributed by atoms with Gasteiger partial charge in [-0.3, -0.25) is 14.4 Å². The third-order valence-corrected chi connectivity index (χ3v) is 3.41. The molecule has 0 aromatic carbocycles. The monoisotopic (exact) mass is 297 g/mol. The van der Waals surface area contributed by atoms with Gasteiger partial charge in [0.05, 0.1) is 6.10 Å². The Hall–Kier alpha value is -1.89. The van der Waals surface area contributed by atoms with Crippen LogP contribution in [0, 0.1) is 0 Å². The molecule has 1 aliphatic rings. The number of hydrogen-bond donors (Lipinski definition) is 3. The van der Waals surface area contributed by atoms with Crippen LogP contribution in [0.4, 0.5) is 0 Å². The molecule has 0 aromatic rings. The van der Waals surface area contributed by atoms with Crippen LogP contribution < -0.4 is 11.1 Å². The molecule has 3 amide bonds. The number of nitrogens with zero attached hydrogens (tertiary/aromatic N) is 1. The number of likely N-dealkylation sites (tertiary alicyclic amines) is 1. The van der Waals surface area contributed by atoms with Crippen molar-refractivity contribution in [3.8, 4) is 0 Å². The first-order valence-corrected chi connectivity index (χ1v) is 6.90. The van der Waals surface area contributed by atoms with Gasteiger partial charge in [-0.25, -0.2) is 0 Å². The predicted molar refractivity (Wildman–Crippen MR) is 77.0 cm³/mol. The number of nitrogens with one attached hydrogen (secondary N) is 1. The Morgan fingerprint density at radius 1 is 1.38 bits per heavy atom. The molecule has 1 heterocycles. The molecule has 118 valence electrons. The molecule has 7 heteroatoms. The van der Waals surface area contributed by atoms with Gasteiger partial charge in [-0.15, -0.1) is 0 Å².